The summed E-state index contributed by atoms with van der Waals surface area (Å²) in [5.74, 6) is 2.46. The Kier molecular flexibility index (Phi) is 7.74. The standard InChI is InChI=1S/C26H42N2O2.ClH/c1-6-7-8-27-9-11-28(12-10-27)22-16-24-23(29-13-14-30-24)15-21(22)20-17-25(2,3)19-26(4,5)18-20;/h15-16,20H,6-14,17-19H2,1-5H3;1H. The molecule has 3 aliphatic rings. The van der Waals surface area contributed by atoms with Gasteiger partial charge in [0.25, 0.3) is 0 Å². The molecule has 0 spiro atoms. The molecule has 4 rings (SSSR count). The summed E-state index contributed by atoms with van der Waals surface area (Å²) in [7, 11) is 0. The van der Waals surface area contributed by atoms with E-state index in [1.165, 1.54) is 49.9 Å². The van der Waals surface area contributed by atoms with Crippen molar-refractivity contribution in [3.05, 3.63) is 17.7 Å². The monoisotopic (exact) mass is 450 g/mol. The van der Waals surface area contributed by atoms with E-state index in [1.54, 1.807) is 0 Å². The van der Waals surface area contributed by atoms with Crippen molar-refractivity contribution in [1.29, 1.82) is 0 Å². The quantitative estimate of drug-likeness (QED) is 0.539. The summed E-state index contributed by atoms with van der Waals surface area (Å²) >= 11 is 0. The first-order chi connectivity index (χ1) is 14.3. The zero-order valence-corrected chi connectivity index (χ0v) is 21.2. The van der Waals surface area contributed by atoms with Crippen molar-refractivity contribution in [2.24, 2.45) is 10.8 Å². The van der Waals surface area contributed by atoms with E-state index < -0.39 is 0 Å². The predicted octanol–water partition coefficient (Wildman–Crippen LogP) is 6.12. The normalized spacial score (nSPS) is 23.3. The highest BCUT2D eigenvalue weighted by atomic mass is 35.5. The second-order valence-corrected chi connectivity index (χ2v) is 11.3. The van der Waals surface area contributed by atoms with Crippen molar-refractivity contribution in [2.75, 3.05) is 50.8 Å². The number of hydrogen-bond acceptors (Lipinski definition) is 4. The summed E-state index contributed by atoms with van der Waals surface area (Å²) in [5.41, 5.74) is 3.63. The maximum absolute atomic E-state index is 6.01. The Morgan fingerprint density at radius 2 is 1.48 bits per heavy atom. The van der Waals surface area contributed by atoms with Crippen LogP contribution in [0.25, 0.3) is 0 Å². The smallest absolute Gasteiger partial charge is 0.163 e. The fraction of sp³-hybridized carbons (Fsp3) is 0.769. The van der Waals surface area contributed by atoms with Crippen molar-refractivity contribution in [1.82, 2.24) is 4.90 Å². The molecule has 31 heavy (non-hydrogen) atoms. The van der Waals surface area contributed by atoms with E-state index in [0.717, 1.165) is 37.7 Å². The van der Waals surface area contributed by atoms with E-state index >= 15 is 0 Å². The maximum Gasteiger partial charge on any atom is 0.163 e. The van der Waals surface area contributed by atoms with Crippen molar-refractivity contribution >= 4 is 18.1 Å². The van der Waals surface area contributed by atoms with E-state index in [1.807, 2.05) is 0 Å². The van der Waals surface area contributed by atoms with E-state index in [0.29, 0.717) is 30.0 Å². The highest BCUT2D eigenvalue weighted by Gasteiger charge is 2.40. The van der Waals surface area contributed by atoms with Crippen LogP contribution in [0.3, 0.4) is 0 Å². The van der Waals surface area contributed by atoms with Crippen LogP contribution in [0.5, 0.6) is 11.5 Å². The molecule has 2 aliphatic heterocycles. The Balaban J connectivity index is 0.00000272. The van der Waals surface area contributed by atoms with Crippen molar-refractivity contribution in [3.8, 4) is 11.5 Å². The van der Waals surface area contributed by atoms with Crippen LogP contribution >= 0.6 is 12.4 Å². The number of benzene rings is 1. The van der Waals surface area contributed by atoms with Gasteiger partial charge in [-0.05, 0) is 60.6 Å². The highest BCUT2D eigenvalue weighted by molar-refractivity contribution is 5.85. The highest BCUT2D eigenvalue weighted by Crippen LogP contribution is 2.54. The molecule has 1 aliphatic carbocycles. The number of nitrogens with zero attached hydrogens (tertiary/aromatic N) is 2. The van der Waals surface area contributed by atoms with E-state index in [4.69, 9.17) is 9.47 Å². The van der Waals surface area contributed by atoms with E-state index in [-0.39, 0.29) is 12.4 Å². The lowest BCUT2D eigenvalue weighted by Gasteiger charge is -2.46. The number of hydrogen-bond donors (Lipinski definition) is 0. The molecule has 1 aromatic rings. The molecular weight excluding hydrogens is 408 g/mol. The van der Waals surface area contributed by atoms with Crippen LogP contribution in [0.2, 0.25) is 0 Å². The van der Waals surface area contributed by atoms with Gasteiger partial charge in [0.1, 0.15) is 13.2 Å². The lowest BCUT2D eigenvalue weighted by atomic mass is 9.60. The van der Waals surface area contributed by atoms with Gasteiger partial charge in [0.15, 0.2) is 11.5 Å². The summed E-state index contributed by atoms with van der Waals surface area (Å²) in [4.78, 5) is 5.25. The Bertz CT molecular complexity index is 725. The molecule has 0 unspecified atom stereocenters. The first-order valence-electron chi connectivity index (χ1n) is 12.2. The number of fused-ring (bicyclic) bond motifs is 1. The van der Waals surface area contributed by atoms with Crippen molar-refractivity contribution in [3.63, 3.8) is 0 Å². The van der Waals surface area contributed by atoms with Crippen LogP contribution in [-0.4, -0.2) is 50.8 Å². The lowest BCUT2D eigenvalue weighted by molar-refractivity contribution is 0.0966. The molecule has 5 heteroatoms. The van der Waals surface area contributed by atoms with Gasteiger partial charge in [-0.2, -0.15) is 0 Å². The van der Waals surface area contributed by atoms with E-state index in [9.17, 15) is 0 Å². The molecule has 0 aromatic heterocycles. The SMILES string of the molecule is CCCCN1CCN(c2cc3c(cc2C2CC(C)(C)CC(C)(C)C2)OCCO3)CC1.Cl. The van der Waals surface area contributed by atoms with Gasteiger partial charge in [0.2, 0.25) is 0 Å². The molecule has 0 bridgehead atoms. The average molecular weight is 451 g/mol. The van der Waals surface area contributed by atoms with Crippen LogP contribution in [0, 0.1) is 10.8 Å². The Hall–Kier alpha value is -1.13. The maximum atomic E-state index is 6.01. The summed E-state index contributed by atoms with van der Waals surface area (Å²) in [6.07, 6.45) is 6.38. The number of piperazine rings is 1. The number of rotatable bonds is 5. The summed E-state index contributed by atoms with van der Waals surface area (Å²) < 4.78 is 12.0. The van der Waals surface area contributed by atoms with Gasteiger partial charge in [0, 0.05) is 37.9 Å². The molecule has 2 heterocycles. The molecule has 0 radical (unpaired) electrons. The van der Waals surface area contributed by atoms with E-state index in [2.05, 4.69) is 56.6 Å². The largest absolute Gasteiger partial charge is 0.486 e. The third-order valence-electron chi connectivity index (χ3n) is 7.23. The van der Waals surface area contributed by atoms with Gasteiger partial charge in [-0.15, -0.1) is 12.4 Å². The Morgan fingerprint density at radius 3 is 2.06 bits per heavy atom. The number of halogens is 1. The fourth-order valence-electron chi connectivity index (χ4n) is 6.35. The van der Waals surface area contributed by atoms with Crippen LogP contribution < -0.4 is 14.4 Å². The van der Waals surface area contributed by atoms with Crippen molar-refractivity contribution < 1.29 is 9.47 Å². The van der Waals surface area contributed by atoms with Gasteiger partial charge in [0.05, 0.1) is 0 Å². The minimum atomic E-state index is 0. The molecule has 176 valence electrons. The molecular formula is C26H43ClN2O2. The molecule has 2 fully saturated rings. The third-order valence-corrected chi connectivity index (χ3v) is 7.23. The molecule has 4 nitrogen and oxygen atoms in total. The molecule has 1 saturated heterocycles. The second kappa shape index (κ2) is 9.79. The lowest BCUT2D eigenvalue weighted by Crippen LogP contribution is -2.47. The van der Waals surface area contributed by atoms with Gasteiger partial charge >= 0.3 is 0 Å². The fourth-order valence-corrected chi connectivity index (χ4v) is 6.35. The van der Waals surface area contributed by atoms with Gasteiger partial charge in [-0.25, -0.2) is 0 Å². The third kappa shape index (κ3) is 5.82. The average Bonchev–Trinajstić information content (AvgIpc) is 2.69. The summed E-state index contributed by atoms with van der Waals surface area (Å²) in [6, 6.07) is 4.62. The van der Waals surface area contributed by atoms with Gasteiger partial charge in [-0.3, -0.25) is 4.90 Å². The van der Waals surface area contributed by atoms with Crippen molar-refractivity contribution in [2.45, 2.75) is 72.6 Å². The second-order valence-electron chi connectivity index (χ2n) is 11.3. The minimum absolute atomic E-state index is 0. The van der Waals surface area contributed by atoms with Gasteiger partial charge < -0.3 is 14.4 Å². The molecule has 0 atom stereocenters. The summed E-state index contributed by atoms with van der Waals surface area (Å²) in [5, 5.41) is 0. The molecule has 1 aromatic carbocycles. The zero-order chi connectivity index (χ0) is 21.4. The Morgan fingerprint density at radius 1 is 0.903 bits per heavy atom. The Labute approximate surface area is 196 Å². The topological polar surface area (TPSA) is 24.9 Å². The first-order valence-corrected chi connectivity index (χ1v) is 12.2. The van der Waals surface area contributed by atoms with Crippen LogP contribution in [-0.2, 0) is 0 Å². The molecule has 0 amide bonds. The number of unbranched alkanes of at least 4 members (excludes halogenated alkanes) is 1. The first kappa shape index (κ1) is 24.5. The number of anilines is 1. The molecule has 1 saturated carbocycles. The van der Waals surface area contributed by atoms with Crippen LogP contribution in [0.4, 0.5) is 5.69 Å². The zero-order valence-electron chi connectivity index (χ0n) is 20.3. The van der Waals surface area contributed by atoms with Crippen LogP contribution in [0.1, 0.15) is 78.2 Å². The predicted molar refractivity (Wildman–Crippen MR) is 132 cm³/mol. The number of ether oxygens (including phenoxy) is 2. The van der Waals surface area contributed by atoms with Gasteiger partial charge in [-0.1, -0.05) is 41.0 Å². The minimum Gasteiger partial charge on any atom is -0.486 e. The van der Waals surface area contributed by atoms with Crippen LogP contribution in [0.15, 0.2) is 12.1 Å². The molecule has 0 N–H and O–H groups in total. The summed E-state index contributed by atoms with van der Waals surface area (Å²) in [6.45, 7) is 19.2.